The van der Waals surface area contributed by atoms with Crippen molar-refractivity contribution in [2.24, 2.45) is 7.05 Å². The number of aromatic nitrogens is 1. The molecule has 0 spiro atoms. The molecule has 3 rings (SSSR count). The Labute approximate surface area is 169 Å². The Kier molecular flexibility index (Phi) is 5.66. The molecule has 0 bridgehead atoms. The first kappa shape index (κ1) is 19.7. The second-order valence-electron chi connectivity index (χ2n) is 6.44. The van der Waals surface area contributed by atoms with Crippen molar-refractivity contribution in [1.29, 1.82) is 5.26 Å². The second-order valence-corrected chi connectivity index (χ2v) is 6.44. The molecule has 2 aromatic carbocycles. The molecule has 6 nitrogen and oxygen atoms in total. The minimum Gasteiger partial charge on any atom is -0.487 e. The highest BCUT2D eigenvalue weighted by atomic mass is 16.5. The molecule has 0 aliphatic carbocycles. The molecule has 0 saturated heterocycles. The lowest BCUT2D eigenvalue weighted by molar-refractivity contribution is 0.0686. The van der Waals surface area contributed by atoms with Gasteiger partial charge in [0.25, 0.3) is 5.69 Å². The number of carboxylic acids is 1. The van der Waals surface area contributed by atoms with E-state index in [1.165, 1.54) is 4.57 Å². The third-order valence-electron chi connectivity index (χ3n) is 4.61. The highest BCUT2D eigenvalue weighted by Crippen LogP contribution is 2.44. The van der Waals surface area contributed by atoms with Crippen molar-refractivity contribution in [3.63, 3.8) is 0 Å². The maximum atomic E-state index is 11.9. The first-order valence-electron chi connectivity index (χ1n) is 9.09. The largest absolute Gasteiger partial charge is 0.487 e. The first-order valence-corrected chi connectivity index (χ1v) is 9.09. The highest BCUT2D eigenvalue weighted by molar-refractivity contribution is 6.01. The summed E-state index contributed by atoms with van der Waals surface area (Å²) in [5, 5.41) is 19.1. The van der Waals surface area contributed by atoms with Gasteiger partial charge in [-0.25, -0.2) is 9.64 Å². The third kappa shape index (κ3) is 3.56. The molecule has 1 heterocycles. The SMILES string of the molecule is [C-]#[N+]c1c(-c2ccc(-c3ccccc3C#N)cc2)c(C(=O)O)n(C)c1OCCC. The van der Waals surface area contributed by atoms with Crippen LogP contribution >= 0.6 is 0 Å². The number of benzene rings is 2. The van der Waals surface area contributed by atoms with Crippen molar-refractivity contribution in [3.8, 4) is 34.2 Å². The standard InChI is InChI=1S/C23H19N3O3/c1-4-13-29-22-20(25-2)19(21(23(27)28)26(22)3)16-11-9-15(10-12-16)18-8-6-5-7-17(18)14-24/h5-12H,4,13H2,1,3H3,(H,27,28). The van der Waals surface area contributed by atoms with Crippen molar-refractivity contribution in [2.75, 3.05) is 6.61 Å². The number of carbonyl (C=O) groups is 1. The van der Waals surface area contributed by atoms with E-state index in [2.05, 4.69) is 10.9 Å². The van der Waals surface area contributed by atoms with Crippen LogP contribution in [0.3, 0.4) is 0 Å². The van der Waals surface area contributed by atoms with Gasteiger partial charge >= 0.3 is 5.97 Å². The number of rotatable bonds is 6. The molecule has 0 radical (unpaired) electrons. The molecular weight excluding hydrogens is 366 g/mol. The molecule has 0 aliphatic heterocycles. The number of hydrogen-bond donors (Lipinski definition) is 1. The van der Waals surface area contributed by atoms with Gasteiger partial charge in [0.1, 0.15) is 5.69 Å². The van der Waals surface area contributed by atoms with Crippen LogP contribution in [0.2, 0.25) is 0 Å². The molecule has 0 unspecified atom stereocenters. The normalized spacial score (nSPS) is 10.2. The number of aromatic carboxylic acids is 1. The van der Waals surface area contributed by atoms with E-state index in [4.69, 9.17) is 11.3 Å². The predicted molar refractivity (Wildman–Crippen MR) is 110 cm³/mol. The lowest BCUT2D eigenvalue weighted by atomic mass is 9.97. The monoisotopic (exact) mass is 385 g/mol. The van der Waals surface area contributed by atoms with E-state index < -0.39 is 5.97 Å². The predicted octanol–water partition coefficient (Wildman–Crippen LogP) is 5.27. The van der Waals surface area contributed by atoms with E-state index in [1.807, 2.05) is 31.2 Å². The zero-order chi connectivity index (χ0) is 21.0. The van der Waals surface area contributed by atoms with Crippen LogP contribution in [-0.2, 0) is 7.05 Å². The Bertz CT molecular complexity index is 1150. The van der Waals surface area contributed by atoms with Gasteiger partial charge in [-0.3, -0.25) is 0 Å². The fraction of sp³-hybridized carbons (Fsp3) is 0.174. The van der Waals surface area contributed by atoms with Gasteiger partial charge in [-0.15, -0.1) is 0 Å². The van der Waals surface area contributed by atoms with Gasteiger partial charge in [-0.05, 0) is 29.2 Å². The number of hydrogen-bond acceptors (Lipinski definition) is 3. The zero-order valence-electron chi connectivity index (χ0n) is 16.1. The van der Waals surface area contributed by atoms with Gasteiger partial charge in [0.2, 0.25) is 0 Å². The third-order valence-corrected chi connectivity index (χ3v) is 4.61. The van der Waals surface area contributed by atoms with Crippen molar-refractivity contribution in [3.05, 3.63) is 71.2 Å². The highest BCUT2D eigenvalue weighted by Gasteiger charge is 2.27. The second kappa shape index (κ2) is 8.33. The number of nitriles is 1. The molecule has 0 amide bonds. The average Bonchev–Trinajstić information content (AvgIpc) is 3.03. The topological polar surface area (TPSA) is 79.6 Å². The van der Waals surface area contributed by atoms with Gasteiger partial charge in [0.15, 0.2) is 5.88 Å². The Morgan fingerprint density at radius 1 is 1.21 bits per heavy atom. The van der Waals surface area contributed by atoms with Crippen LogP contribution in [-0.4, -0.2) is 22.2 Å². The minimum absolute atomic E-state index is 0.00674. The molecular formula is C23H19N3O3. The van der Waals surface area contributed by atoms with E-state index in [9.17, 15) is 15.2 Å². The molecule has 1 aromatic heterocycles. The van der Waals surface area contributed by atoms with E-state index in [0.717, 1.165) is 17.5 Å². The summed E-state index contributed by atoms with van der Waals surface area (Å²) in [5.74, 6) is -0.870. The van der Waals surface area contributed by atoms with Crippen molar-refractivity contribution in [2.45, 2.75) is 13.3 Å². The molecule has 1 N–H and O–H groups in total. The van der Waals surface area contributed by atoms with Crippen molar-refractivity contribution >= 4 is 11.7 Å². The van der Waals surface area contributed by atoms with Gasteiger partial charge < -0.3 is 14.4 Å². The van der Waals surface area contributed by atoms with Crippen molar-refractivity contribution in [1.82, 2.24) is 4.57 Å². The molecule has 3 aromatic rings. The number of ether oxygens (including phenoxy) is 1. The summed E-state index contributed by atoms with van der Waals surface area (Å²) in [4.78, 5) is 15.5. The Morgan fingerprint density at radius 2 is 1.86 bits per heavy atom. The van der Waals surface area contributed by atoms with Crippen LogP contribution in [0.15, 0.2) is 48.5 Å². The van der Waals surface area contributed by atoms with Gasteiger partial charge in [-0.2, -0.15) is 5.26 Å². The van der Waals surface area contributed by atoms with E-state index >= 15 is 0 Å². The van der Waals surface area contributed by atoms with Crippen LogP contribution in [0, 0.1) is 17.9 Å². The van der Waals surface area contributed by atoms with Gasteiger partial charge in [0, 0.05) is 12.6 Å². The molecule has 0 aliphatic rings. The van der Waals surface area contributed by atoms with Gasteiger partial charge in [-0.1, -0.05) is 49.4 Å². The Morgan fingerprint density at radius 3 is 2.45 bits per heavy atom. The van der Waals surface area contributed by atoms with Crippen molar-refractivity contribution < 1.29 is 14.6 Å². The fourth-order valence-electron chi connectivity index (χ4n) is 3.29. The minimum atomic E-state index is -1.13. The Balaban J connectivity index is 2.15. The molecule has 0 saturated carbocycles. The summed E-state index contributed by atoms with van der Waals surface area (Å²) in [6, 6.07) is 16.6. The molecule has 29 heavy (non-hydrogen) atoms. The van der Waals surface area contributed by atoms with E-state index in [-0.39, 0.29) is 17.3 Å². The van der Waals surface area contributed by atoms with Crippen LogP contribution < -0.4 is 4.74 Å². The molecule has 0 atom stereocenters. The lowest BCUT2D eigenvalue weighted by Gasteiger charge is -2.08. The molecule has 144 valence electrons. The maximum absolute atomic E-state index is 11.9. The zero-order valence-corrected chi connectivity index (χ0v) is 16.1. The summed E-state index contributed by atoms with van der Waals surface area (Å²) in [6.45, 7) is 9.93. The van der Waals surface area contributed by atoms with Crippen LogP contribution in [0.5, 0.6) is 5.88 Å². The lowest BCUT2D eigenvalue weighted by Crippen LogP contribution is -2.08. The van der Waals surface area contributed by atoms with Crippen LogP contribution in [0.1, 0.15) is 29.4 Å². The first-order chi connectivity index (χ1) is 14.0. The summed E-state index contributed by atoms with van der Waals surface area (Å²) in [6.07, 6.45) is 0.743. The quantitative estimate of drug-likeness (QED) is 0.586. The fourth-order valence-corrected chi connectivity index (χ4v) is 3.29. The van der Waals surface area contributed by atoms with Crippen LogP contribution in [0.25, 0.3) is 27.1 Å². The number of nitrogens with zero attached hydrogens (tertiary/aromatic N) is 3. The summed E-state index contributed by atoms with van der Waals surface area (Å²) >= 11 is 0. The maximum Gasteiger partial charge on any atom is 0.351 e. The summed E-state index contributed by atoms with van der Waals surface area (Å²) < 4.78 is 7.09. The molecule has 6 heteroatoms. The summed E-state index contributed by atoms with van der Waals surface area (Å²) in [7, 11) is 1.59. The van der Waals surface area contributed by atoms with Crippen LogP contribution in [0.4, 0.5) is 5.69 Å². The number of carboxylic acid groups (broad SMARTS) is 1. The average molecular weight is 385 g/mol. The van der Waals surface area contributed by atoms with E-state index in [1.54, 1.807) is 31.3 Å². The smallest absolute Gasteiger partial charge is 0.351 e. The van der Waals surface area contributed by atoms with Gasteiger partial charge in [0.05, 0.1) is 24.8 Å². The summed E-state index contributed by atoms with van der Waals surface area (Å²) in [5.41, 5.74) is 3.32. The Hall–Kier alpha value is -4.03. The molecule has 0 fully saturated rings. The van der Waals surface area contributed by atoms with E-state index in [0.29, 0.717) is 23.3 Å².